The SMILES string of the molecule is C[C@]12CCCC[C@@H]1[C@H]1C[C@H]1[C@@H]1[C@@H]2CC[C@]2(C)[C@@H](O)CC[C@@H]12. The van der Waals surface area contributed by atoms with Gasteiger partial charge in [-0.25, -0.2) is 0 Å². The fourth-order valence-corrected chi connectivity index (χ4v) is 8.22. The minimum atomic E-state index is -0.00228. The van der Waals surface area contributed by atoms with Gasteiger partial charge in [0.05, 0.1) is 6.10 Å². The average molecular weight is 288 g/mol. The maximum Gasteiger partial charge on any atom is 0.0596 e. The van der Waals surface area contributed by atoms with Gasteiger partial charge in [0.2, 0.25) is 0 Å². The molecule has 0 aliphatic heterocycles. The molecular weight excluding hydrogens is 256 g/mol. The second-order valence-corrected chi connectivity index (χ2v) is 9.85. The van der Waals surface area contributed by atoms with Crippen molar-refractivity contribution in [2.45, 2.75) is 77.7 Å². The third kappa shape index (κ3) is 1.53. The van der Waals surface area contributed by atoms with Crippen LogP contribution in [-0.2, 0) is 0 Å². The van der Waals surface area contributed by atoms with Gasteiger partial charge in [-0.2, -0.15) is 0 Å². The van der Waals surface area contributed by atoms with Crippen molar-refractivity contribution in [2.75, 3.05) is 0 Å². The Morgan fingerprint density at radius 1 is 0.762 bits per heavy atom. The molecule has 0 radical (unpaired) electrons. The lowest BCUT2D eigenvalue weighted by molar-refractivity contribution is -0.125. The van der Waals surface area contributed by atoms with Gasteiger partial charge >= 0.3 is 0 Å². The van der Waals surface area contributed by atoms with E-state index in [1.54, 1.807) is 6.42 Å². The molecule has 5 fully saturated rings. The standard InChI is InChI=1S/C20H32O/c1-19-9-4-3-5-14(19)12-11-13(12)18-15-6-7-17(21)20(15,2)10-8-16(18)19/h12-18,21H,3-11H2,1-2H3/t12-,13+,14+,15-,16-,17-,18-,19-,20-/m0/s1. The molecule has 0 unspecified atom stereocenters. The van der Waals surface area contributed by atoms with Crippen molar-refractivity contribution in [1.29, 1.82) is 0 Å². The summed E-state index contributed by atoms with van der Waals surface area (Å²) < 4.78 is 0. The van der Waals surface area contributed by atoms with Crippen LogP contribution in [-0.4, -0.2) is 11.2 Å². The van der Waals surface area contributed by atoms with Crippen LogP contribution >= 0.6 is 0 Å². The normalized spacial score (nSPS) is 65.0. The van der Waals surface area contributed by atoms with E-state index < -0.39 is 0 Å². The fourth-order valence-electron chi connectivity index (χ4n) is 8.22. The number of aliphatic hydroxyl groups is 1. The molecule has 5 aliphatic rings. The van der Waals surface area contributed by atoms with Crippen molar-refractivity contribution >= 4 is 0 Å². The maximum absolute atomic E-state index is 10.6. The number of rotatable bonds is 0. The molecule has 0 bridgehead atoms. The molecule has 5 saturated carbocycles. The van der Waals surface area contributed by atoms with Crippen LogP contribution in [0.25, 0.3) is 0 Å². The van der Waals surface area contributed by atoms with E-state index in [9.17, 15) is 5.11 Å². The molecule has 5 rings (SSSR count). The smallest absolute Gasteiger partial charge is 0.0596 e. The van der Waals surface area contributed by atoms with E-state index in [0.717, 1.165) is 41.9 Å². The third-order valence-electron chi connectivity index (χ3n) is 9.36. The van der Waals surface area contributed by atoms with E-state index >= 15 is 0 Å². The summed E-state index contributed by atoms with van der Waals surface area (Å²) in [5.41, 5.74) is 0.932. The molecule has 0 heterocycles. The van der Waals surface area contributed by atoms with Crippen LogP contribution in [0.3, 0.4) is 0 Å². The monoisotopic (exact) mass is 288 g/mol. The summed E-state index contributed by atoms with van der Waals surface area (Å²) in [6.45, 7) is 5.11. The topological polar surface area (TPSA) is 20.2 Å². The molecule has 0 aromatic rings. The first-order valence-corrected chi connectivity index (χ1v) is 9.74. The minimum absolute atomic E-state index is 0.00228. The van der Waals surface area contributed by atoms with Crippen molar-refractivity contribution in [3.8, 4) is 0 Å². The quantitative estimate of drug-likeness (QED) is 0.688. The van der Waals surface area contributed by atoms with Crippen molar-refractivity contribution in [3.05, 3.63) is 0 Å². The summed E-state index contributed by atoms with van der Waals surface area (Å²) in [6, 6.07) is 0. The van der Waals surface area contributed by atoms with Crippen molar-refractivity contribution in [1.82, 2.24) is 0 Å². The summed E-state index contributed by atoms with van der Waals surface area (Å²) in [6.07, 6.45) is 12.7. The molecule has 0 aromatic carbocycles. The molecule has 9 atom stereocenters. The summed E-state index contributed by atoms with van der Waals surface area (Å²) >= 11 is 0. The molecule has 1 heteroatoms. The Morgan fingerprint density at radius 2 is 1.57 bits per heavy atom. The van der Waals surface area contributed by atoms with Gasteiger partial charge in [0.1, 0.15) is 0 Å². The van der Waals surface area contributed by atoms with Gasteiger partial charge in [-0.1, -0.05) is 26.7 Å². The number of fused-ring (bicyclic) bond motifs is 8. The van der Waals surface area contributed by atoms with Gasteiger partial charge in [0.15, 0.2) is 0 Å². The Hall–Kier alpha value is -0.0400. The minimum Gasteiger partial charge on any atom is -0.393 e. The summed E-state index contributed by atoms with van der Waals surface area (Å²) in [7, 11) is 0. The van der Waals surface area contributed by atoms with Crippen LogP contribution in [0.5, 0.6) is 0 Å². The van der Waals surface area contributed by atoms with E-state index in [0.29, 0.717) is 5.41 Å². The zero-order valence-electron chi connectivity index (χ0n) is 13.9. The van der Waals surface area contributed by atoms with Gasteiger partial charge in [-0.05, 0) is 91.3 Å². The third-order valence-corrected chi connectivity index (χ3v) is 9.36. The van der Waals surface area contributed by atoms with Gasteiger partial charge in [0.25, 0.3) is 0 Å². The summed E-state index contributed by atoms with van der Waals surface area (Å²) in [5, 5.41) is 10.6. The van der Waals surface area contributed by atoms with Crippen molar-refractivity contribution in [3.63, 3.8) is 0 Å². The summed E-state index contributed by atoms with van der Waals surface area (Å²) in [5.74, 6) is 6.02. The highest BCUT2D eigenvalue weighted by molar-refractivity contribution is 5.17. The first-order valence-electron chi connectivity index (χ1n) is 9.74. The number of aliphatic hydroxyl groups excluding tert-OH is 1. The summed E-state index contributed by atoms with van der Waals surface area (Å²) in [4.78, 5) is 0. The molecular formula is C20H32O. The van der Waals surface area contributed by atoms with E-state index in [1.807, 2.05) is 0 Å². The number of hydrogen-bond donors (Lipinski definition) is 1. The van der Waals surface area contributed by atoms with Crippen LogP contribution < -0.4 is 0 Å². The van der Waals surface area contributed by atoms with Crippen LogP contribution in [0.15, 0.2) is 0 Å². The van der Waals surface area contributed by atoms with Gasteiger partial charge in [0, 0.05) is 0 Å². The zero-order valence-corrected chi connectivity index (χ0v) is 13.9. The Labute approximate surface area is 129 Å². The molecule has 0 spiro atoms. The molecule has 0 saturated heterocycles. The molecule has 0 aromatic heterocycles. The Morgan fingerprint density at radius 3 is 2.43 bits per heavy atom. The zero-order chi connectivity index (χ0) is 14.4. The molecule has 5 aliphatic carbocycles. The predicted molar refractivity (Wildman–Crippen MR) is 84.7 cm³/mol. The van der Waals surface area contributed by atoms with Crippen LogP contribution in [0, 0.1) is 46.3 Å². The second-order valence-electron chi connectivity index (χ2n) is 9.85. The van der Waals surface area contributed by atoms with Crippen LogP contribution in [0.1, 0.15) is 71.6 Å². The predicted octanol–water partition coefficient (Wildman–Crippen LogP) is 4.64. The van der Waals surface area contributed by atoms with E-state index in [4.69, 9.17) is 0 Å². The Kier molecular flexibility index (Phi) is 2.60. The van der Waals surface area contributed by atoms with Crippen molar-refractivity contribution in [2.24, 2.45) is 46.3 Å². The maximum atomic E-state index is 10.6. The van der Waals surface area contributed by atoms with E-state index in [-0.39, 0.29) is 11.5 Å². The lowest BCUT2D eigenvalue weighted by atomic mass is 9.45. The molecule has 0 amide bonds. The van der Waals surface area contributed by atoms with Gasteiger partial charge in [-0.3, -0.25) is 0 Å². The fraction of sp³-hybridized carbons (Fsp3) is 1.00. The van der Waals surface area contributed by atoms with E-state index in [1.165, 1.54) is 44.9 Å². The first kappa shape index (κ1) is 13.4. The molecule has 118 valence electrons. The highest BCUT2D eigenvalue weighted by Crippen LogP contribution is 2.74. The Balaban J connectivity index is 1.54. The molecule has 1 N–H and O–H groups in total. The lowest BCUT2D eigenvalue weighted by Crippen LogP contribution is -2.54. The lowest BCUT2D eigenvalue weighted by Gasteiger charge is -2.60. The molecule has 1 nitrogen and oxygen atoms in total. The largest absolute Gasteiger partial charge is 0.393 e. The number of hydrogen-bond acceptors (Lipinski definition) is 1. The Bertz CT molecular complexity index is 459. The first-order chi connectivity index (χ1) is 10.1. The van der Waals surface area contributed by atoms with Gasteiger partial charge < -0.3 is 5.11 Å². The highest BCUT2D eigenvalue weighted by atomic mass is 16.3. The van der Waals surface area contributed by atoms with Crippen LogP contribution in [0.2, 0.25) is 0 Å². The van der Waals surface area contributed by atoms with Crippen molar-refractivity contribution < 1.29 is 5.11 Å². The highest BCUT2D eigenvalue weighted by Gasteiger charge is 2.68. The second kappa shape index (κ2) is 4.08. The molecule has 21 heavy (non-hydrogen) atoms. The van der Waals surface area contributed by atoms with E-state index in [2.05, 4.69) is 13.8 Å². The van der Waals surface area contributed by atoms with Crippen LogP contribution in [0.4, 0.5) is 0 Å². The average Bonchev–Trinajstić information content (AvgIpc) is 3.19. The van der Waals surface area contributed by atoms with Gasteiger partial charge in [-0.15, -0.1) is 0 Å².